The Bertz CT molecular complexity index is 606. The van der Waals surface area contributed by atoms with E-state index < -0.39 is 10.0 Å². The van der Waals surface area contributed by atoms with Gasteiger partial charge in [0.25, 0.3) is 0 Å². The highest BCUT2D eigenvalue weighted by molar-refractivity contribution is 7.89. The van der Waals surface area contributed by atoms with Crippen molar-refractivity contribution in [2.24, 2.45) is 0 Å². The molecule has 2 N–H and O–H groups in total. The second kappa shape index (κ2) is 6.29. The molecule has 0 spiro atoms. The Kier molecular flexibility index (Phi) is 5.24. The zero-order chi connectivity index (χ0) is 14.6. The molecule has 1 rings (SSSR count). The van der Waals surface area contributed by atoms with Crippen LogP contribution in [0.1, 0.15) is 18.9 Å². The van der Waals surface area contributed by atoms with Crippen molar-refractivity contribution >= 4 is 27.3 Å². The van der Waals surface area contributed by atoms with Crippen LogP contribution in [0.3, 0.4) is 0 Å². The number of aryl methyl sites for hydroxylation is 1. The van der Waals surface area contributed by atoms with Gasteiger partial charge in [0.05, 0.1) is 22.2 Å². The number of rotatable bonds is 5. The Morgan fingerprint density at radius 2 is 2.11 bits per heavy atom. The first-order valence-electron chi connectivity index (χ1n) is 5.83. The number of benzene rings is 1. The minimum Gasteiger partial charge on any atom is -0.397 e. The standard InChI is InChI=1S/C13H17ClN2O2S/c1-4-6-16(7-5-2)19(17,18)13-9-12(15)11(14)8-10(13)3/h1,8-9H,5-7,15H2,2-3H3. The molecule has 104 valence electrons. The molecule has 4 nitrogen and oxygen atoms in total. The van der Waals surface area contributed by atoms with Gasteiger partial charge in [-0.05, 0) is 31.0 Å². The summed E-state index contributed by atoms with van der Waals surface area (Å²) >= 11 is 5.87. The molecular weight excluding hydrogens is 284 g/mol. The van der Waals surface area contributed by atoms with Crippen LogP contribution in [-0.2, 0) is 10.0 Å². The van der Waals surface area contributed by atoms with Gasteiger partial charge in [-0.3, -0.25) is 0 Å². The lowest BCUT2D eigenvalue weighted by atomic mass is 10.2. The summed E-state index contributed by atoms with van der Waals surface area (Å²) in [6.45, 7) is 3.98. The zero-order valence-corrected chi connectivity index (χ0v) is 12.6. The van der Waals surface area contributed by atoms with E-state index in [2.05, 4.69) is 5.92 Å². The molecule has 0 heterocycles. The summed E-state index contributed by atoms with van der Waals surface area (Å²) in [7, 11) is -3.64. The number of nitrogen functional groups attached to an aromatic ring is 1. The Balaban J connectivity index is 3.33. The van der Waals surface area contributed by atoms with E-state index in [4.69, 9.17) is 23.8 Å². The minimum atomic E-state index is -3.64. The molecule has 0 saturated heterocycles. The van der Waals surface area contributed by atoms with Crippen molar-refractivity contribution in [2.75, 3.05) is 18.8 Å². The number of anilines is 1. The highest BCUT2D eigenvalue weighted by atomic mass is 35.5. The van der Waals surface area contributed by atoms with E-state index >= 15 is 0 Å². The van der Waals surface area contributed by atoms with Crippen LogP contribution in [0.4, 0.5) is 5.69 Å². The second-order valence-electron chi connectivity index (χ2n) is 4.18. The van der Waals surface area contributed by atoms with Gasteiger partial charge in [0.2, 0.25) is 10.0 Å². The summed E-state index contributed by atoms with van der Waals surface area (Å²) in [5.74, 6) is 2.36. The first-order valence-corrected chi connectivity index (χ1v) is 7.65. The molecule has 0 radical (unpaired) electrons. The minimum absolute atomic E-state index is 0.0398. The molecule has 0 aliphatic carbocycles. The third kappa shape index (κ3) is 3.41. The molecule has 0 bridgehead atoms. The van der Waals surface area contributed by atoms with Gasteiger partial charge in [0.15, 0.2) is 0 Å². The van der Waals surface area contributed by atoms with Crippen LogP contribution >= 0.6 is 11.6 Å². The summed E-state index contributed by atoms with van der Waals surface area (Å²) in [5.41, 5.74) is 6.47. The van der Waals surface area contributed by atoms with Crippen molar-refractivity contribution in [1.82, 2.24) is 4.31 Å². The molecule has 6 heteroatoms. The monoisotopic (exact) mass is 300 g/mol. The molecule has 0 fully saturated rings. The lowest BCUT2D eigenvalue weighted by Crippen LogP contribution is -2.32. The molecule has 1 aromatic carbocycles. The predicted octanol–water partition coefficient (Wildman–Crippen LogP) is 2.26. The topological polar surface area (TPSA) is 63.4 Å². The van der Waals surface area contributed by atoms with Gasteiger partial charge in [-0.15, -0.1) is 6.42 Å². The maximum Gasteiger partial charge on any atom is 0.244 e. The number of sulfonamides is 1. The number of halogens is 1. The van der Waals surface area contributed by atoms with E-state index in [0.29, 0.717) is 23.6 Å². The summed E-state index contributed by atoms with van der Waals surface area (Å²) in [6, 6.07) is 2.93. The summed E-state index contributed by atoms with van der Waals surface area (Å²) in [4.78, 5) is 0.151. The maximum atomic E-state index is 12.5. The molecule has 0 unspecified atom stereocenters. The van der Waals surface area contributed by atoms with Crippen molar-refractivity contribution < 1.29 is 8.42 Å². The van der Waals surface area contributed by atoms with Crippen LogP contribution in [-0.4, -0.2) is 25.8 Å². The molecule has 0 amide bonds. The summed E-state index contributed by atoms with van der Waals surface area (Å²) < 4.78 is 26.3. The van der Waals surface area contributed by atoms with Crippen molar-refractivity contribution in [3.8, 4) is 12.3 Å². The quantitative estimate of drug-likeness (QED) is 0.670. The number of nitrogens with two attached hydrogens (primary N) is 1. The van der Waals surface area contributed by atoms with E-state index in [9.17, 15) is 8.42 Å². The lowest BCUT2D eigenvalue weighted by Gasteiger charge is -2.20. The molecule has 19 heavy (non-hydrogen) atoms. The van der Waals surface area contributed by atoms with E-state index in [1.165, 1.54) is 10.4 Å². The molecule has 0 aliphatic rings. The summed E-state index contributed by atoms with van der Waals surface area (Å²) in [5, 5.41) is 0.343. The third-order valence-corrected chi connectivity index (χ3v) is 4.97. The number of hydrogen-bond acceptors (Lipinski definition) is 3. The van der Waals surface area contributed by atoms with Gasteiger partial charge < -0.3 is 5.73 Å². The highest BCUT2D eigenvalue weighted by Gasteiger charge is 2.25. The van der Waals surface area contributed by atoms with Crippen LogP contribution in [0.25, 0.3) is 0 Å². The van der Waals surface area contributed by atoms with E-state index in [1.54, 1.807) is 13.0 Å². The van der Waals surface area contributed by atoms with Crippen LogP contribution in [0.15, 0.2) is 17.0 Å². The fourth-order valence-corrected chi connectivity index (χ4v) is 3.63. The zero-order valence-electron chi connectivity index (χ0n) is 11.0. The molecule has 0 atom stereocenters. The van der Waals surface area contributed by atoms with Crippen LogP contribution < -0.4 is 5.73 Å². The SMILES string of the molecule is C#CCN(CCC)S(=O)(=O)c1cc(N)c(Cl)cc1C. The Morgan fingerprint density at radius 3 is 2.63 bits per heavy atom. The number of hydrogen-bond donors (Lipinski definition) is 1. The van der Waals surface area contributed by atoms with Gasteiger partial charge in [-0.2, -0.15) is 4.31 Å². The average Bonchev–Trinajstić information content (AvgIpc) is 2.33. The fraction of sp³-hybridized carbons (Fsp3) is 0.385. The fourth-order valence-electron chi connectivity index (χ4n) is 1.72. The summed E-state index contributed by atoms with van der Waals surface area (Å²) in [6.07, 6.45) is 5.91. The van der Waals surface area contributed by atoms with Crippen molar-refractivity contribution in [2.45, 2.75) is 25.2 Å². The Labute approximate surface area is 119 Å². The largest absolute Gasteiger partial charge is 0.397 e. The molecule has 0 aliphatic heterocycles. The second-order valence-corrected chi connectivity index (χ2v) is 6.50. The van der Waals surface area contributed by atoms with E-state index in [0.717, 1.165) is 0 Å². The van der Waals surface area contributed by atoms with Gasteiger partial charge in [-0.1, -0.05) is 24.4 Å². The van der Waals surface area contributed by atoms with E-state index in [-0.39, 0.29) is 17.1 Å². The Morgan fingerprint density at radius 1 is 1.47 bits per heavy atom. The number of terminal acetylenes is 1. The van der Waals surface area contributed by atoms with E-state index in [1.807, 2.05) is 6.92 Å². The number of nitrogens with zero attached hydrogens (tertiary/aromatic N) is 1. The molecule has 1 aromatic rings. The highest BCUT2D eigenvalue weighted by Crippen LogP contribution is 2.28. The average molecular weight is 301 g/mol. The van der Waals surface area contributed by atoms with Crippen LogP contribution in [0, 0.1) is 19.3 Å². The smallest absolute Gasteiger partial charge is 0.244 e. The van der Waals surface area contributed by atoms with Crippen LogP contribution in [0.2, 0.25) is 5.02 Å². The third-order valence-electron chi connectivity index (χ3n) is 2.65. The van der Waals surface area contributed by atoms with Gasteiger partial charge >= 0.3 is 0 Å². The lowest BCUT2D eigenvalue weighted by molar-refractivity contribution is 0.445. The van der Waals surface area contributed by atoms with Gasteiger partial charge in [-0.25, -0.2) is 8.42 Å². The normalized spacial score (nSPS) is 11.5. The molecule has 0 aromatic heterocycles. The molecular formula is C13H17ClN2O2S. The first-order chi connectivity index (χ1) is 8.84. The maximum absolute atomic E-state index is 12.5. The van der Waals surface area contributed by atoms with Gasteiger partial charge in [0, 0.05) is 6.54 Å². The molecule has 0 saturated carbocycles. The predicted molar refractivity (Wildman–Crippen MR) is 78.5 cm³/mol. The van der Waals surface area contributed by atoms with Crippen LogP contribution in [0.5, 0.6) is 0 Å². The van der Waals surface area contributed by atoms with Gasteiger partial charge in [0.1, 0.15) is 0 Å². The van der Waals surface area contributed by atoms with Crippen molar-refractivity contribution in [1.29, 1.82) is 0 Å². The van der Waals surface area contributed by atoms with Crippen molar-refractivity contribution in [3.63, 3.8) is 0 Å². The van der Waals surface area contributed by atoms with Crippen molar-refractivity contribution in [3.05, 3.63) is 22.7 Å². The first kappa shape index (κ1) is 15.8. The Hall–Kier alpha value is -1.22.